The third kappa shape index (κ3) is 27.0. The first-order valence-electron chi connectivity index (χ1n) is 21.6. The number of hydrogen-bond acceptors (Lipinski definition) is 8. The van der Waals surface area contributed by atoms with E-state index >= 15 is 0 Å². The summed E-state index contributed by atoms with van der Waals surface area (Å²) in [4.78, 5) is 12.9. The average Bonchev–Trinajstić information content (AvgIpc) is 3.18. The van der Waals surface area contributed by atoms with Gasteiger partial charge in [-0.2, -0.15) is 0 Å². The highest BCUT2D eigenvalue weighted by Gasteiger charge is 2.44. The molecule has 55 heavy (non-hydrogen) atoms. The number of unbranched alkanes of at least 4 members (excludes halogenated alkanes) is 12. The molecule has 0 bridgehead atoms. The molecule has 1 amide bonds. The highest BCUT2D eigenvalue weighted by molar-refractivity contribution is 5.76. The Kier molecular flexibility index (Phi) is 33.2. The van der Waals surface area contributed by atoms with Gasteiger partial charge in [0.2, 0.25) is 5.91 Å². The zero-order valence-corrected chi connectivity index (χ0v) is 34.4. The van der Waals surface area contributed by atoms with Gasteiger partial charge in [-0.15, -0.1) is 0 Å². The molecule has 1 fully saturated rings. The van der Waals surface area contributed by atoms with Crippen LogP contribution in [-0.2, 0) is 14.3 Å². The van der Waals surface area contributed by atoms with E-state index in [1.54, 1.807) is 0 Å². The SMILES string of the molecule is CC/C=C\C/C=C\C/C=C\C/C=C\C/C=C\C/C=C\CCCCC(=O)NC(COC1OC(CO)C(O)C(O)C1O)C(O)CCCCCCCCCCCCC. The Morgan fingerprint density at radius 3 is 1.64 bits per heavy atom. The smallest absolute Gasteiger partial charge is 0.220 e. The van der Waals surface area contributed by atoms with E-state index in [9.17, 15) is 30.3 Å². The van der Waals surface area contributed by atoms with Crippen molar-refractivity contribution >= 4 is 5.91 Å². The number of carbonyl (C=O) groups excluding carboxylic acids is 1. The zero-order valence-electron chi connectivity index (χ0n) is 34.4. The molecule has 0 aromatic heterocycles. The molecule has 9 heteroatoms. The number of hydrogen-bond donors (Lipinski definition) is 6. The van der Waals surface area contributed by atoms with Crippen molar-refractivity contribution in [2.24, 2.45) is 0 Å². The molecule has 1 aliphatic heterocycles. The highest BCUT2D eigenvalue weighted by Crippen LogP contribution is 2.23. The summed E-state index contributed by atoms with van der Waals surface area (Å²) >= 11 is 0. The van der Waals surface area contributed by atoms with E-state index < -0.39 is 49.5 Å². The molecule has 1 rings (SSSR count). The number of aliphatic hydroxyl groups is 5. The van der Waals surface area contributed by atoms with Gasteiger partial charge in [0.15, 0.2) is 6.29 Å². The van der Waals surface area contributed by atoms with Crippen molar-refractivity contribution in [2.75, 3.05) is 13.2 Å². The van der Waals surface area contributed by atoms with Gasteiger partial charge in [-0.05, 0) is 64.2 Å². The molecule has 0 spiro atoms. The predicted octanol–water partition coefficient (Wildman–Crippen LogP) is 8.61. The lowest BCUT2D eigenvalue weighted by atomic mass is 9.99. The summed E-state index contributed by atoms with van der Waals surface area (Å²) in [5.74, 6) is -0.192. The second-order valence-corrected chi connectivity index (χ2v) is 14.8. The molecule has 1 saturated heterocycles. The van der Waals surface area contributed by atoms with Crippen LogP contribution in [0.4, 0.5) is 0 Å². The normalized spacial score (nSPS) is 22.1. The Morgan fingerprint density at radius 1 is 0.636 bits per heavy atom. The second kappa shape index (κ2) is 36.0. The number of ether oxygens (including phenoxy) is 2. The van der Waals surface area contributed by atoms with E-state index in [-0.39, 0.29) is 12.5 Å². The van der Waals surface area contributed by atoms with E-state index in [0.717, 1.165) is 70.6 Å². The van der Waals surface area contributed by atoms with Crippen LogP contribution in [-0.4, -0.2) is 87.5 Å². The van der Waals surface area contributed by atoms with E-state index in [1.165, 1.54) is 51.4 Å². The third-order valence-corrected chi connectivity index (χ3v) is 9.82. The monoisotopic (exact) mass is 774 g/mol. The van der Waals surface area contributed by atoms with Crippen molar-refractivity contribution < 1.29 is 39.8 Å². The molecule has 9 nitrogen and oxygen atoms in total. The van der Waals surface area contributed by atoms with Crippen LogP contribution in [0.3, 0.4) is 0 Å². The fraction of sp³-hybridized carbons (Fsp3) is 0.717. The van der Waals surface area contributed by atoms with Gasteiger partial charge in [-0.3, -0.25) is 4.79 Å². The molecule has 6 N–H and O–H groups in total. The Balaban J connectivity index is 2.39. The van der Waals surface area contributed by atoms with E-state index in [4.69, 9.17) is 9.47 Å². The van der Waals surface area contributed by atoms with Crippen LogP contribution in [0, 0.1) is 0 Å². The number of aliphatic hydroxyl groups excluding tert-OH is 5. The van der Waals surface area contributed by atoms with Crippen LogP contribution in [0.2, 0.25) is 0 Å². The van der Waals surface area contributed by atoms with Crippen LogP contribution in [0.25, 0.3) is 0 Å². The number of rotatable bonds is 34. The van der Waals surface area contributed by atoms with Crippen LogP contribution >= 0.6 is 0 Å². The fourth-order valence-electron chi connectivity index (χ4n) is 6.34. The van der Waals surface area contributed by atoms with Gasteiger partial charge in [0.25, 0.3) is 0 Å². The highest BCUT2D eigenvalue weighted by atomic mass is 16.7. The lowest BCUT2D eigenvalue weighted by Crippen LogP contribution is -2.60. The zero-order chi connectivity index (χ0) is 40.2. The van der Waals surface area contributed by atoms with Gasteiger partial charge in [0, 0.05) is 6.42 Å². The largest absolute Gasteiger partial charge is 0.394 e. The van der Waals surface area contributed by atoms with Gasteiger partial charge < -0.3 is 40.3 Å². The lowest BCUT2D eigenvalue weighted by Gasteiger charge is -2.40. The van der Waals surface area contributed by atoms with Crippen LogP contribution in [0.15, 0.2) is 72.9 Å². The van der Waals surface area contributed by atoms with Crippen LogP contribution in [0.1, 0.15) is 155 Å². The third-order valence-electron chi connectivity index (χ3n) is 9.82. The van der Waals surface area contributed by atoms with Crippen LogP contribution in [0.5, 0.6) is 0 Å². The van der Waals surface area contributed by atoms with Gasteiger partial charge in [-0.1, -0.05) is 157 Å². The van der Waals surface area contributed by atoms with Crippen molar-refractivity contribution in [1.82, 2.24) is 5.32 Å². The first-order chi connectivity index (χ1) is 26.8. The minimum absolute atomic E-state index is 0.161. The van der Waals surface area contributed by atoms with Crippen molar-refractivity contribution in [1.29, 1.82) is 0 Å². The first-order valence-corrected chi connectivity index (χ1v) is 21.6. The maximum absolute atomic E-state index is 12.9. The molecule has 7 unspecified atom stereocenters. The van der Waals surface area contributed by atoms with Gasteiger partial charge in [-0.25, -0.2) is 0 Å². The number of amides is 1. The van der Waals surface area contributed by atoms with Gasteiger partial charge in [0.1, 0.15) is 24.4 Å². The molecule has 0 aromatic carbocycles. The minimum Gasteiger partial charge on any atom is -0.394 e. The molecule has 1 aliphatic rings. The Morgan fingerprint density at radius 2 is 1.13 bits per heavy atom. The summed E-state index contributed by atoms with van der Waals surface area (Å²) in [5.41, 5.74) is 0. The molecule has 0 saturated carbocycles. The van der Waals surface area contributed by atoms with Crippen molar-refractivity contribution in [3.05, 3.63) is 72.9 Å². The number of nitrogens with one attached hydrogen (secondary N) is 1. The topological polar surface area (TPSA) is 149 Å². The molecule has 0 aromatic rings. The molecule has 7 atom stereocenters. The lowest BCUT2D eigenvalue weighted by molar-refractivity contribution is -0.302. The Bertz CT molecular complexity index is 1080. The molecule has 1 heterocycles. The molecule has 316 valence electrons. The molecular weight excluding hydrogens is 695 g/mol. The van der Waals surface area contributed by atoms with Gasteiger partial charge >= 0.3 is 0 Å². The maximum atomic E-state index is 12.9. The minimum atomic E-state index is -1.56. The summed E-state index contributed by atoms with van der Waals surface area (Å²) in [7, 11) is 0. The first kappa shape index (κ1) is 50.6. The number of carbonyl (C=O) groups is 1. The number of allylic oxidation sites excluding steroid dienone is 12. The fourth-order valence-corrected chi connectivity index (χ4v) is 6.34. The Hall–Kier alpha value is -2.37. The molecule has 0 aliphatic carbocycles. The summed E-state index contributed by atoms with van der Waals surface area (Å²) in [6.07, 6.45) is 40.5. The summed E-state index contributed by atoms with van der Waals surface area (Å²) in [5, 5.41) is 54.2. The van der Waals surface area contributed by atoms with E-state index in [0.29, 0.717) is 19.3 Å². The molecule has 0 radical (unpaired) electrons. The Labute approximate surface area is 334 Å². The van der Waals surface area contributed by atoms with Crippen molar-refractivity contribution in [3.63, 3.8) is 0 Å². The molecular formula is C46H79NO8. The van der Waals surface area contributed by atoms with E-state index in [2.05, 4.69) is 92.1 Å². The quantitative estimate of drug-likeness (QED) is 0.0281. The van der Waals surface area contributed by atoms with Gasteiger partial charge in [0.05, 0.1) is 25.4 Å². The van der Waals surface area contributed by atoms with E-state index in [1.807, 2.05) is 0 Å². The van der Waals surface area contributed by atoms with Crippen molar-refractivity contribution in [3.8, 4) is 0 Å². The van der Waals surface area contributed by atoms with Crippen LogP contribution < -0.4 is 5.32 Å². The van der Waals surface area contributed by atoms with Crippen molar-refractivity contribution in [2.45, 2.75) is 198 Å². The summed E-state index contributed by atoms with van der Waals surface area (Å²) in [6, 6.07) is -0.744. The second-order valence-electron chi connectivity index (χ2n) is 14.8. The summed E-state index contributed by atoms with van der Waals surface area (Å²) in [6.45, 7) is 3.65. The maximum Gasteiger partial charge on any atom is 0.220 e. The summed E-state index contributed by atoms with van der Waals surface area (Å²) < 4.78 is 11.2. The predicted molar refractivity (Wildman–Crippen MR) is 225 cm³/mol. The standard InChI is InChI=1S/C46H79NO8/c1-3-5-7-9-11-13-15-16-17-18-19-20-21-22-23-24-26-28-30-32-34-36-42(50)47-39(38-54-46-45(53)44(52)43(51)41(37-48)55-46)40(49)35-33-31-29-27-25-14-12-10-8-6-4-2/h5,7,11,13,16-17,19-20,22-23,26,28,39-41,43-46,48-49,51-53H,3-4,6,8-10,12,14-15,18,21,24-25,27,29-38H2,1-2H3,(H,47,50)/b7-5-,13-11-,17-16-,20-19-,23-22-,28-26-. The average molecular weight is 774 g/mol.